The highest BCUT2D eigenvalue weighted by molar-refractivity contribution is 5.56. The number of phenolic OH excluding ortho intramolecular Hbond substituents is 1. The molecule has 4 heteroatoms. The number of hydrogen-bond donors (Lipinski definition) is 2. The van der Waals surface area contributed by atoms with Gasteiger partial charge in [-0.1, -0.05) is 12.1 Å². The van der Waals surface area contributed by atoms with Crippen LogP contribution in [0, 0.1) is 0 Å². The second-order valence-electron chi connectivity index (χ2n) is 4.05. The molecule has 19 heavy (non-hydrogen) atoms. The number of rotatable bonds is 5. The Morgan fingerprint density at radius 1 is 1.05 bits per heavy atom. The molecule has 0 saturated heterocycles. The maximum atomic E-state index is 9.68. The number of para-hydroxylation sites is 2. The molecule has 0 spiro atoms. The first-order chi connectivity index (χ1) is 9.24. The van der Waals surface area contributed by atoms with Crippen molar-refractivity contribution in [3.05, 3.63) is 48.0 Å². The van der Waals surface area contributed by atoms with Gasteiger partial charge in [-0.25, -0.2) is 0 Å². The molecular formula is C15H17NO3. The van der Waals surface area contributed by atoms with E-state index in [1.165, 1.54) is 0 Å². The maximum Gasteiger partial charge on any atom is 0.138 e. The van der Waals surface area contributed by atoms with Gasteiger partial charge in [-0.3, -0.25) is 0 Å². The van der Waals surface area contributed by atoms with E-state index in [4.69, 9.17) is 9.47 Å². The number of phenols is 1. The van der Waals surface area contributed by atoms with Gasteiger partial charge in [0.05, 0.1) is 19.9 Å². The third-order valence-corrected chi connectivity index (χ3v) is 2.87. The summed E-state index contributed by atoms with van der Waals surface area (Å²) in [5, 5.41) is 12.9. The number of anilines is 1. The highest BCUT2D eigenvalue weighted by atomic mass is 16.5. The molecule has 0 aliphatic rings. The normalized spacial score (nSPS) is 10.0. The summed E-state index contributed by atoms with van der Waals surface area (Å²) >= 11 is 0. The fourth-order valence-electron chi connectivity index (χ4n) is 1.81. The Hall–Kier alpha value is -2.36. The van der Waals surface area contributed by atoms with Crippen LogP contribution in [0.15, 0.2) is 42.5 Å². The van der Waals surface area contributed by atoms with Crippen molar-refractivity contribution < 1.29 is 14.6 Å². The van der Waals surface area contributed by atoms with Crippen molar-refractivity contribution in [2.75, 3.05) is 19.5 Å². The maximum absolute atomic E-state index is 9.68. The van der Waals surface area contributed by atoms with Crippen LogP contribution in [0.2, 0.25) is 0 Å². The van der Waals surface area contributed by atoms with Crippen LogP contribution in [0.3, 0.4) is 0 Å². The predicted molar refractivity (Wildman–Crippen MR) is 75.0 cm³/mol. The zero-order valence-electron chi connectivity index (χ0n) is 11.0. The summed E-state index contributed by atoms with van der Waals surface area (Å²) in [4.78, 5) is 0. The molecule has 2 rings (SSSR count). The summed E-state index contributed by atoms with van der Waals surface area (Å²) in [7, 11) is 3.24. The van der Waals surface area contributed by atoms with Crippen LogP contribution >= 0.6 is 0 Å². The quantitative estimate of drug-likeness (QED) is 0.810. The van der Waals surface area contributed by atoms with Crippen LogP contribution in [0.4, 0.5) is 5.69 Å². The van der Waals surface area contributed by atoms with E-state index in [0.29, 0.717) is 12.2 Å². The molecule has 4 nitrogen and oxygen atoms in total. The lowest BCUT2D eigenvalue weighted by Gasteiger charge is -2.12. The summed E-state index contributed by atoms with van der Waals surface area (Å²) in [6, 6.07) is 12.8. The number of benzene rings is 2. The fraction of sp³-hybridized carbons (Fsp3) is 0.200. The van der Waals surface area contributed by atoms with Crippen LogP contribution in [-0.2, 0) is 6.54 Å². The van der Waals surface area contributed by atoms with Crippen molar-refractivity contribution >= 4 is 5.69 Å². The van der Waals surface area contributed by atoms with Crippen LogP contribution < -0.4 is 14.8 Å². The highest BCUT2D eigenvalue weighted by Gasteiger charge is 2.06. The molecule has 0 amide bonds. The van der Waals surface area contributed by atoms with Gasteiger partial charge in [-0.05, 0) is 24.3 Å². The number of methoxy groups -OCH3 is 2. The first-order valence-corrected chi connectivity index (χ1v) is 5.97. The van der Waals surface area contributed by atoms with Crippen molar-refractivity contribution in [1.82, 2.24) is 0 Å². The molecule has 2 aromatic carbocycles. The van der Waals surface area contributed by atoms with Crippen LogP contribution in [0.25, 0.3) is 0 Å². The van der Waals surface area contributed by atoms with Gasteiger partial charge in [-0.15, -0.1) is 0 Å². The molecule has 2 aromatic rings. The van der Waals surface area contributed by atoms with Crippen LogP contribution in [-0.4, -0.2) is 19.3 Å². The largest absolute Gasteiger partial charge is 0.506 e. The fourth-order valence-corrected chi connectivity index (χ4v) is 1.81. The Morgan fingerprint density at radius 2 is 1.84 bits per heavy atom. The van der Waals surface area contributed by atoms with E-state index >= 15 is 0 Å². The monoisotopic (exact) mass is 259 g/mol. The third kappa shape index (κ3) is 3.10. The van der Waals surface area contributed by atoms with Crippen molar-refractivity contribution in [2.45, 2.75) is 6.54 Å². The number of ether oxygens (including phenoxy) is 2. The second-order valence-corrected chi connectivity index (χ2v) is 4.05. The minimum absolute atomic E-state index is 0.231. The van der Waals surface area contributed by atoms with Gasteiger partial charge < -0.3 is 19.9 Å². The lowest BCUT2D eigenvalue weighted by Crippen LogP contribution is -2.02. The topological polar surface area (TPSA) is 50.7 Å². The molecule has 0 heterocycles. The summed E-state index contributed by atoms with van der Waals surface area (Å²) in [6.45, 7) is 0.560. The number of hydrogen-bond acceptors (Lipinski definition) is 4. The summed E-state index contributed by atoms with van der Waals surface area (Å²) in [5.41, 5.74) is 1.69. The van der Waals surface area contributed by atoms with E-state index in [-0.39, 0.29) is 5.75 Å². The first kappa shape index (κ1) is 13.1. The van der Waals surface area contributed by atoms with E-state index in [1.54, 1.807) is 26.4 Å². The van der Waals surface area contributed by atoms with E-state index < -0.39 is 0 Å². The SMILES string of the molecule is COc1ccc(CNc2ccccc2O)c(OC)c1. The zero-order chi connectivity index (χ0) is 13.7. The van der Waals surface area contributed by atoms with E-state index in [0.717, 1.165) is 17.1 Å². The van der Waals surface area contributed by atoms with Crippen molar-refractivity contribution in [2.24, 2.45) is 0 Å². The molecule has 0 radical (unpaired) electrons. The molecule has 0 aliphatic carbocycles. The van der Waals surface area contributed by atoms with Gasteiger partial charge in [0.15, 0.2) is 0 Å². The Labute approximate surface area is 112 Å². The van der Waals surface area contributed by atoms with Gasteiger partial charge in [0.1, 0.15) is 17.2 Å². The van der Waals surface area contributed by atoms with Crippen molar-refractivity contribution in [3.63, 3.8) is 0 Å². The van der Waals surface area contributed by atoms with Gasteiger partial charge in [0, 0.05) is 18.2 Å². The molecular weight excluding hydrogens is 242 g/mol. The minimum Gasteiger partial charge on any atom is -0.506 e. The predicted octanol–water partition coefficient (Wildman–Crippen LogP) is 3.02. The lowest BCUT2D eigenvalue weighted by molar-refractivity contribution is 0.391. The Kier molecular flexibility index (Phi) is 4.13. The number of aromatic hydroxyl groups is 1. The second kappa shape index (κ2) is 6.00. The molecule has 2 N–H and O–H groups in total. The average molecular weight is 259 g/mol. The molecule has 0 aliphatic heterocycles. The Morgan fingerprint density at radius 3 is 2.53 bits per heavy atom. The minimum atomic E-state index is 0.231. The summed E-state index contributed by atoms with van der Waals surface area (Å²) in [5.74, 6) is 1.74. The molecule has 0 unspecified atom stereocenters. The Balaban J connectivity index is 2.13. The van der Waals surface area contributed by atoms with Gasteiger partial charge in [-0.2, -0.15) is 0 Å². The third-order valence-electron chi connectivity index (χ3n) is 2.87. The van der Waals surface area contributed by atoms with Crippen LogP contribution in [0.1, 0.15) is 5.56 Å². The summed E-state index contributed by atoms with van der Waals surface area (Å²) < 4.78 is 10.5. The highest BCUT2D eigenvalue weighted by Crippen LogP contribution is 2.27. The van der Waals surface area contributed by atoms with Crippen molar-refractivity contribution in [3.8, 4) is 17.2 Å². The molecule has 0 saturated carbocycles. The van der Waals surface area contributed by atoms with Crippen LogP contribution in [0.5, 0.6) is 17.2 Å². The standard InChI is InChI=1S/C15H17NO3/c1-18-12-8-7-11(15(9-12)19-2)10-16-13-5-3-4-6-14(13)17/h3-9,16-17H,10H2,1-2H3. The van der Waals surface area contributed by atoms with Crippen molar-refractivity contribution in [1.29, 1.82) is 0 Å². The lowest BCUT2D eigenvalue weighted by atomic mass is 10.2. The Bertz CT molecular complexity index is 555. The molecule has 0 fully saturated rings. The average Bonchev–Trinajstić information content (AvgIpc) is 2.46. The van der Waals surface area contributed by atoms with Gasteiger partial charge in [0.25, 0.3) is 0 Å². The van der Waals surface area contributed by atoms with Gasteiger partial charge >= 0.3 is 0 Å². The van der Waals surface area contributed by atoms with E-state index in [1.807, 2.05) is 30.3 Å². The smallest absolute Gasteiger partial charge is 0.138 e. The first-order valence-electron chi connectivity index (χ1n) is 5.97. The molecule has 100 valence electrons. The zero-order valence-corrected chi connectivity index (χ0v) is 11.0. The molecule has 0 atom stereocenters. The van der Waals surface area contributed by atoms with Gasteiger partial charge in [0.2, 0.25) is 0 Å². The molecule has 0 bridgehead atoms. The van der Waals surface area contributed by atoms with E-state index in [9.17, 15) is 5.11 Å². The number of nitrogens with one attached hydrogen (secondary N) is 1. The van der Waals surface area contributed by atoms with E-state index in [2.05, 4.69) is 5.32 Å². The summed E-state index contributed by atoms with van der Waals surface area (Å²) in [6.07, 6.45) is 0. The molecule has 0 aromatic heterocycles.